The number of methoxy groups -OCH3 is 1. The van der Waals surface area contributed by atoms with Gasteiger partial charge < -0.3 is 9.64 Å². The van der Waals surface area contributed by atoms with Crippen LogP contribution in [0.4, 0.5) is 0 Å². The Hall–Kier alpha value is -3.35. The molecular formula is C22H23N3O4. The molecule has 1 amide bonds. The molecule has 0 bridgehead atoms. The summed E-state index contributed by atoms with van der Waals surface area (Å²) in [6.45, 7) is 0.836. The maximum atomic E-state index is 12.9. The lowest BCUT2D eigenvalue weighted by Crippen LogP contribution is -2.34. The van der Waals surface area contributed by atoms with Gasteiger partial charge in [-0.1, -0.05) is 24.3 Å². The zero-order chi connectivity index (χ0) is 20.4. The van der Waals surface area contributed by atoms with Gasteiger partial charge in [0.15, 0.2) is 0 Å². The second kappa shape index (κ2) is 7.95. The standard InChI is InChI=1S/C22H23N3O4/c1-29-16-10-8-15(9-11-16)19-7-4-13-24(19)20(26)12-14-25-22(28)18-6-3-2-5-17(18)21(27)23-25/h2-3,5-6,8-11,19H,4,7,12-14H2,1H3,(H,23,27). The summed E-state index contributed by atoms with van der Waals surface area (Å²) < 4.78 is 6.44. The number of rotatable bonds is 5. The van der Waals surface area contributed by atoms with Crippen molar-refractivity contribution in [1.29, 1.82) is 0 Å². The van der Waals surface area contributed by atoms with Gasteiger partial charge in [0, 0.05) is 13.0 Å². The van der Waals surface area contributed by atoms with Crippen LogP contribution in [0.5, 0.6) is 5.75 Å². The number of amides is 1. The molecule has 0 aliphatic carbocycles. The second-order valence-electron chi connectivity index (χ2n) is 7.21. The van der Waals surface area contributed by atoms with E-state index in [-0.39, 0.29) is 36.0 Å². The summed E-state index contributed by atoms with van der Waals surface area (Å²) in [4.78, 5) is 39.6. The van der Waals surface area contributed by atoms with Crippen LogP contribution in [0.3, 0.4) is 0 Å². The third-order valence-corrected chi connectivity index (χ3v) is 5.51. The Morgan fingerprint density at radius 1 is 1.10 bits per heavy atom. The molecule has 3 aromatic rings. The van der Waals surface area contributed by atoms with E-state index in [1.54, 1.807) is 31.4 Å². The third-order valence-electron chi connectivity index (χ3n) is 5.51. The molecule has 2 aromatic carbocycles. The smallest absolute Gasteiger partial charge is 0.273 e. The van der Waals surface area contributed by atoms with Gasteiger partial charge in [-0.3, -0.25) is 19.5 Å². The van der Waals surface area contributed by atoms with E-state index < -0.39 is 0 Å². The lowest BCUT2D eigenvalue weighted by Gasteiger charge is -2.25. The summed E-state index contributed by atoms with van der Waals surface area (Å²) in [6.07, 6.45) is 2.00. The van der Waals surface area contributed by atoms with E-state index in [1.165, 1.54) is 4.68 Å². The van der Waals surface area contributed by atoms with Crippen LogP contribution in [0.15, 0.2) is 58.1 Å². The number of nitrogens with zero attached hydrogens (tertiary/aromatic N) is 2. The molecule has 1 unspecified atom stereocenters. The monoisotopic (exact) mass is 393 g/mol. The van der Waals surface area contributed by atoms with Crippen LogP contribution in [0, 0.1) is 0 Å². The SMILES string of the molecule is COc1ccc(C2CCCN2C(=O)CCn2[nH]c(=O)c3ccccc3c2=O)cc1. The van der Waals surface area contributed by atoms with E-state index in [2.05, 4.69) is 5.10 Å². The summed E-state index contributed by atoms with van der Waals surface area (Å²) in [5.41, 5.74) is 0.457. The summed E-state index contributed by atoms with van der Waals surface area (Å²) in [5, 5.41) is 3.31. The van der Waals surface area contributed by atoms with Crippen molar-refractivity contribution in [3.8, 4) is 5.75 Å². The van der Waals surface area contributed by atoms with Gasteiger partial charge in [0.1, 0.15) is 5.75 Å². The molecule has 0 saturated carbocycles. The Bertz CT molecular complexity index is 1150. The topological polar surface area (TPSA) is 84.4 Å². The maximum absolute atomic E-state index is 12.9. The lowest BCUT2D eigenvalue weighted by atomic mass is 10.0. The van der Waals surface area contributed by atoms with E-state index in [1.807, 2.05) is 29.2 Å². The van der Waals surface area contributed by atoms with E-state index in [4.69, 9.17) is 4.74 Å². The molecule has 0 radical (unpaired) electrons. The summed E-state index contributed by atoms with van der Waals surface area (Å²) in [7, 11) is 1.62. The van der Waals surface area contributed by atoms with Gasteiger partial charge in [0.25, 0.3) is 11.1 Å². The molecule has 29 heavy (non-hydrogen) atoms. The molecule has 1 saturated heterocycles. The number of likely N-dealkylation sites (tertiary alicyclic amines) is 1. The number of carbonyl (C=O) groups is 1. The zero-order valence-corrected chi connectivity index (χ0v) is 16.3. The highest BCUT2D eigenvalue weighted by Gasteiger charge is 2.29. The fraction of sp³-hybridized carbons (Fsp3) is 0.318. The Morgan fingerprint density at radius 3 is 2.55 bits per heavy atom. The summed E-state index contributed by atoms with van der Waals surface area (Å²) in [6, 6.07) is 14.5. The van der Waals surface area contributed by atoms with E-state index in [0.717, 1.165) is 24.2 Å². The Morgan fingerprint density at radius 2 is 1.83 bits per heavy atom. The van der Waals surface area contributed by atoms with Crippen molar-refractivity contribution in [2.24, 2.45) is 0 Å². The largest absolute Gasteiger partial charge is 0.497 e. The molecule has 1 atom stereocenters. The first kappa shape index (κ1) is 19.0. The van der Waals surface area contributed by atoms with Gasteiger partial charge in [-0.05, 0) is 42.7 Å². The van der Waals surface area contributed by atoms with Gasteiger partial charge >= 0.3 is 0 Å². The molecule has 1 N–H and O–H groups in total. The van der Waals surface area contributed by atoms with Gasteiger partial charge in [-0.2, -0.15) is 0 Å². The first-order valence-corrected chi connectivity index (χ1v) is 9.74. The van der Waals surface area contributed by atoms with Crippen molar-refractivity contribution in [1.82, 2.24) is 14.7 Å². The zero-order valence-electron chi connectivity index (χ0n) is 16.3. The van der Waals surface area contributed by atoms with Crippen LogP contribution in [0.2, 0.25) is 0 Å². The van der Waals surface area contributed by atoms with E-state index in [9.17, 15) is 14.4 Å². The minimum Gasteiger partial charge on any atom is -0.497 e. The molecule has 1 aromatic heterocycles. The lowest BCUT2D eigenvalue weighted by molar-refractivity contribution is -0.132. The van der Waals surface area contributed by atoms with Crippen LogP contribution in [-0.4, -0.2) is 34.2 Å². The van der Waals surface area contributed by atoms with Gasteiger partial charge in [0.05, 0.1) is 30.5 Å². The average molecular weight is 393 g/mol. The van der Waals surface area contributed by atoms with Crippen molar-refractivity contribution < 1.29 is 9.53 Å². The van der Waals surface area contributed by atoms with Gasteiger partial charge in [-0.25, -0.2) is 4.68 Å². The van der Waals surface area contributed by atoms with Crippen LogP contribution < -0.4 is 15.9 Å². The normalized spacial score (nSPS) is 16.3. The number of ether oxygens (including phenoxy) is 1. The first-order chi connectivity index (χ1) is 14.1. The van der Waals surface area contributed by atoms with Gasteiger partial charge in [-0.15, -0.1) is 0 Å². The molecule has 7 nitrogen and oxygen atoms in total. The number of benzene rings is 2. The van der Waals surface area contributed by atoms with Crippen molar-refractivity contribution in [2.75, 3.05) is 13.7 Å². The van der Waals surface area contributed by atoms with Crippen LogP contribution in [0.1, 0.15) is 30.9 Å². The molecule has 1 aliphatic rings. The number of fused-ring (bicyclic) bond motifs is 1. The number of aromatic nitrogens is 2. The third kappa shape index (κ3) is 3.68. The average Bonchev–Trinajstić information content (AvgIpc) is 3.25. The molecule has 1 aliphatic heterocycles. The van der Waals surface area contributed by atoms with E-state index in [0.29, 0.717) is 17.3 Å². The van der Waals surface area contributed by atoms with Crippen LogP contribution in [0.25, 0.3) is 10.8 Å². The molecule has 4 rings (SSSR count). The predicted octanol–water partition coefficient (Wildman–Crippen LogP) is 2.45. The minimum atomic E-state index is -0.329. The van der Waals surface area contributed by atoms with Crippen molar-refractivity contribution in [3.05, 3.63) is 74.8 Å². The van der Waals surface area contributed by atoms with Crippen molar-refractivity contribution in [3.63, 3.8) is 0 Å². The fourth-order valence-corrected chi connectivity index (χ4v) is 3.99. The van der Waals surface area contributed by atoms with Crippen molar-refractivity contribution >= 4 is 16.7 Å². The predicted molar refractivity (Wildman–Crippen MR) is 110 cm³/mol. The maximum Gasteiger partial charge on any atom is 0.273 e. The number of carbonyl (C=O) groups excluding carboxylic acids is 1. The second-order valence-corrected chi connectivity index (χ2v) is 7.21. The summed E-state index contributed by atoms with van der Waals surface area (Å²) >= 11 is 0. The Balaban J connectivity index is 1.50. The van der Waals surface area contributed by atoms with Crippen LogP contribution >= 0.6 is 0 Å². The van der Waals surface area contributed by atoms with Crippen LogP contribution in [-0.2, 0) is 11.3 Å². The highest BCUT2D eigenvalue weighted by atomic mass is 16.5. The number of H-pyrrole nitrogens is 1. The van der Waals surface area contributed by atoms with Crippen molar-refractivity contribution in [2.45, 2.75) is 31.8 Å². The molecule has 0 spiro atoms. The fourth-order valence-electron chi connectivity index (χ4n) is 3.99. The highest BCUT2D eigenvalue weighted by molar-refractivity contribution is 5.80. The molecule has 150 valence electrons. The number of aryl methyl sites for hydroxylation is 1. The van der Waals surface area contributed by atoms with E-state index >= 15 is 0 Å². The molecule has 1 fully saturated rings. The Kier molecular flexibility index (Phi) is 5.20. The molecule has 2 heterocycles. The number of aromatic amines is 1. The van der Waals surface area contributed by atoms with Gasteiger partial charge in [0.2, 0.25) is 5.91 Å². The molecule has 7 heteroatoms. The Labute approximate surface area is 167 Å². The summed E-state index contributed by atoms with van der Waals surface area (Å²) in [5.74, 6) is 0.758. The number of hydrogen-bond donors (Lipinski definition) is 1. The first-order valence-electron chi connectivity index (χ1n) is 9.74. The minimum absolute atomic E-state index is 0.0239. The number of hydrogen-bond acceptors (Lipinski definition) is 4. The highest BCUT2D eigenvalue weighted by Crippen LogP contribution is 2.33. The molecular weight excluding hydrogens is 370 g/mol. The number of nitrogens with one attached hydrogen (secondary N) is 1. The quantitative estimate of drug-likeness (QED) is 0.722.